The Bertz CT molecular complexity index is 299. The standard InChI is InChI=1S/C17H29NO/c1-3-14-18-16(4-2)11-7-6-10-15-19-17-12-8-5-9-13-17/h5,8-9,12-13,16,18H,3-4,6-7,10-11,14-15H2,1-2H3. The molecule has 0 spiro atoms. The summed E-state index contributed by atoms with van der Waals surface area (Å²) < 4.78 is 5.69. The maximum Gasteiger partial charge on any atom is 0.119 e. The van der Waals surface area contributed by atoms with Crippen LogP contribution in [0.25, 0.3) is 0 Å². The van der Waals surface area contributed by atoms with Crippen LogP contribution in [0.2, 0.25) is 0 Å². The van der Waals surface area contributed by atoms with Gasteiger partial charge in [-0.15, -0.1) is 0 Å². The minimum absolute atomic E-state index is 0.704. The van der Waals surface area contributed by atoms with E-state index in [1.165, 1.54) is 32.1 Å². The Morgan fingerprint density at radius 3 is 2.53 bits per heavy atom. The quantitative estimate of drug-likeness (QED) is 0.597. The predicted octanol–water partition coefficient (Wildman–Crippen LogP) is 4.40. The van der Waals surface area contributed by atoms with Crippen LogP contribution in [0.4, 0.5) is 0 Å². The predicted molar refractivity (Wildman–Crippen MR) is 82.8 cm³/mol. The maximum absolute atomic E-state index is 5.69. The number of nitrogens with one attached hydrogen (secondary N) is 1. The zero-order chi connectivity index (χ0) is 13.8. The second-order valence-corrected chi connectivity index (χ2v) is 5.07. The highest BCUT2D eigenvalue weighted by Gasteiger charge is 2.03. The Kier molecular flexibility index (Phi) is 9.17. The summed E-state index contributed by atoms with van der Waals surface area (Å²) in [6.07, 6.45) is 7.47. The number of para-hydroxylation sites is 1. The van der Waals surface area contributed by atoms with Crippen molar-refractivity contribution in [1.82, 2.24) is 5.32 Å². The van der Waals surface area contributed by atoms with Gasteiger partial charge in [0.25, 0.3) is 0 Å². The van der Waals surface area contributed by atoms with Gasteiger partial charge >= 0.3 is 0 Å². The van der Waals surface area contributed by atoms with Gasteiger partial charge in [-0.2, -0.15) is 0 Å². The van der Waals surface area contributed by atoms with Crippen molar-refractivity contribution in [2.45, 2.75) is 58.4 Å². The van der Waals surface area contributed by atoms with Gasteiger partial charge in [-0.05, 0) is 44.4 Å². The van der Waals surface area contributed by atoms with Crippen LogP contribution < -0.4 is 10.1 Å². The lowest BCUT2D eigenvalue weighted by Gasteiger charge is -2.16. The molecule has 0 amide bonds. The highest BCUT2D eigenvalue weighted by molar-refractivity contribution is 5.20. The summed E-state index contributed by atoms with van der Waals surface area (Å²) in [6.45, 7) is 6.48. The molecule has 0 aliphatic rings. The summed E-state index contributed by atoms with van der Waals surface area (Å²) >= 11 is 0. The monoisotopic (exact) mass is 263 g/mol. The molecule has 0 saturated heterocycles. The van der Waals surface area contributed by atoms with Gasteiger partial charge in [-0.3, -0.25) is 0 Å². The summed E-state index contributed by atoms with van der Waals surface area (Å²) in [5.74, 6) is 0.985. The largest absolute Gasteiger partial charge is 0.494 e. The van der Waals surface area contributed by atoms with Gasteiger partial charge in [0, 0.05) is 6.04 Å². The van der Waals surface area contributed by atoms with E-state index in [-0.39, 0.29) is 0 Å². The second kappa shape index (κ2) is 10.9. The van der Waals surface area contributed by atoms with Gasteiger partial charge in [0.2, 0.25) is 0 Å². The second-order valence-electron chi connectivity index (χ2n) is 5.07. The minimum Gasteiger partial charge on any atom is -0.494 e. The molecule has 1 unspecified atom stereocenters. The lowest BCUT2D eigenvalue weighted by atomic mass is 10.1. The Morgan fingerprint density at radius 1 is 1.05 bits per heavy atom. The highest BCUT2D eigenvalue weighted by Crippen LogP contribution is 2.10. The van der Waals surface area contributed by atoms with E-state index in [2.05, 4.69) is 19.2 Å². The third-order valence-electron chi connectivity index (χ3n) is 3.38. The zero-order valence-electron chi connectivity index (χ0n) is 12.5. The molecule has 108 valence electrons. The van der Waals surface area contributed by atoms with Gasteiger partial charge in [-0.1, -0.05) is 44.9 Å². The topological polar surface area (TPSA) is 21.3 Å². The van der Waals surface area contributed by atoms with Crippen molar-refractivity contribution in [3.05, 3.63) is 30.3 Å². The first-order chi connectivity index (χ1) is 9.36. The fraction of sp³-hybridized carbons (Fsp3) is 0.647. The molecule has 0 aliphatic heterocycles. The number of hydrogen-bond donors (Lipinski definition) is 1. The first-order valence-electron chi connectivity index (χ1n) is 7.78. The molecule has 1 aromatic rings. The molecular formula is C17H29NO. The van der Waals surface area contributed by atoms with Crippen molar-refractivity contribution >= 4 is 0 Å². The molecule has 1 atom stereocenters. The molecule has 0 radical (unpaired) electrons. The lowest BCUT2D eigenvalue weighted by Crippen LogP contribution is -2.28. The van der Waals surface area contributed by atoms with Gasteiger partial charge in [0.15, 0.2) is 0 Å². The summed E-state index contributed by atoms with van der Waals surface area (Å²) in [5, 5.41) is 3.60. The normalized spacial score (nSPS) is 12.3. The summed E-state index contributed by atoms with van der Waals surface area (Å²) in [6, 6.07) is 10.8. The zero-order valence-corrected chi connectivity index (χ0v) is 12.5. The Morgan fingerprint density at radius 2 is 1.84 bits per heavy atom. The molecular weight excluding hydrogens is 234 g/mol. The Balaban J connectivity index is 1.98. The van der Waals surface area contributed by atoms with Crippen LogP contribution in [0.5, 0.6) is 5.75 Å². The van der Waals surface area contributed by atoms with E-state index in [9.17, 15) is 0 Å². The number of ether oxygens (including phenoxy) is 1. The maximum atomic E-state index is 5.69. The van der Waals surface area contributed by atoms with Gasteiger partial charge < -0.3 is 10.1 Å². The number of benzene rings is 1. The molecule has 0 aliphatic carbocycles. The van der Waals surface area contributed by atoms with E-state index in [0.717, 1.165) is 25.3 Å². The van der Waals surface area contributed by atoms with Crippen molar-refractivity contribution in [2.75, 3.05) is 13.2 Å². The molecule has 0 bridgehead atoms. The molecule has 1 rings (SSSR count). The summed E-state index contributed by atoms with van der Waals surface area (Å²) in [5.41, 5.74) is 0. The van der Waals surface area contributed by atoms with Crippen LogP contribution in [0.1, 0.15) is 52.4 Å². The molecule has 2 nitrogen and oxygen atoms in total. The van der Waals surface area contributed by atoms with E-state index in [1.807, 2.05) is 30.3 Å². The van der Waals surface area contributed by atoms with Crippen LogP contribution in [-0.2, 0) is 0 Å². The van der Waals surface area contributed by atoms with E-state index < -0.39 is 0 Å². The third kappa shape index (κ3) is 7.89. The van der Waals surface area contributed by atoms with Crippen LogP contribution >= 0.6 is 0 Å². The van der Waals surface area contributed by atoms with E-state index >= 15 is 0 Å². The van der Waals surface area contributed by atoms with E-state index in [1.54, 1.807) is 0 Å². The average molecular weight is 263 g/mol. The smallest absolute Gasteiger partial charge is 0.119 e. The van der Waals surface area contributed by atoms with Crippen molar-refractivity contribution < 1.29 is 4.74 Å². The number of unbranched alkanes of at least 4 members (excludes halogenated alkanes) is 2. The van der Waals surface area contributed by atoms with Crippen LogP contribution in [0, 0.1) is 0 Å². The van der Waals surface area contributed by atoms with Crippen molar-refractivity contribution in [2.24, 2.45) is 0 Å². The van der Waals surface area contributed by atoms with Crippen molar-refractivity contribution in [3.8, 4) is 5.75 Å². The number of rotatable bonds is 11. The molecule has 0 heterocycles. The summed E-state index contributed by atoms with van der Waals surface area (Å²) in [4.78, 5) is 0. The SMILES string of the molecule is CCCNC(CC)CCCCCOc1ccccc1. The Labute approximate surface area is 118 Å². The minimum atomic E-state index is 0.704. The highest BCUT2D eigenvalue weighted by atomic mass is 16.5. The average Bonchev–Trinajstić information content (AvgIpc) is 2.47. The number of hydrogen-bond acceptors (Lipinski definition) is 2. The lowest BCUT2D eigenvalue weighted by molar-refractivity contribution is 0.302. The summed E-state index contributed by atoms with van der Waals surface area (Å²) in [7, 11) is 0. The third-order valence-corrected chi connectivity index (χ3v) is 3.38. The van der Waals surface area contributed by atoms with Crippen molar-refractivity contribution in [3.63, 3.8) is 0 Å². The fourth-order valence-corrected chi connectivity index (χ4v) is 2.18. The van der Waals surface area contributed by atoms with Gasteiger partial charge in [0.1, 0.15) is 5.75 Å². The molecule has 2 heteroatoms. The van der Waals surface area contributed by atoms with Gasteiger partial charge in [0.05, 0.1) is 6.61 Å². The van der Waals surface area contributed by atoms with Crippen LogP contribution in [0.3, 0.4) is 0 Å². The fourth-order valence-electron chi connectivity index (χ4n) is 2.18. The van der Waals surface area contributed by atoms with Crippen LogP contribution in [0.15, 0.2) is 30.3 Å². The van der Waals surface area contributed by atoms with Crippen molar-refractivity contribution in [1.29, 1.82) is 0 Å². The molecule has 0 aromatic heterocycles. The molecule has 1 aromatic carbocycles. The Hall–Kier alpha value is -1.02. The first-order valence-corrected chi connectivity index (χ1v) is 7.78. The van der Waals surface area contributed by atoms with Crippen LogP contribution in [-0.4, -0.2) is 19.2 Å². The van der Waals surface area contributed by atoms with E-state index in [0.29, 0.717) is 6.04 Å². The molecule has 1 N–H and O–H groups in total. The van der Waals surface area contributed by atoms with Gasteiger partial charge in [-0.25, -0.2) is 0 Å². The molecule has 0 saturated carbocycles. The molecule has 0 fully saturated rings. The first kappa shape index (κ1) is 16.0. The molecule has 19 heavy (non-hydrogen) atoms. The van der Waals surface area contributed by atoms with E-state index in [4.69, 9.17) is 4.74 Å².